The summed E-state index contributed by atoms with van der Waals surface area (Å²) in [6.07, 6.45) is 1.38. The number of nitrogens with zero attached hydrogens (tertiary/aromatic N) is 2. The van der Waals surface area contributed by atoms with Crippen molar-refractivity contribution in [1.29, 1.82) is 0 Å². The van der Waals surface area contributed by atoms with E-state index >= 15 is 0 Å². The van der Waals surface area contributed by atoms with Crippen LogP contribution in [0.1, 0.15) is 24.6 Å². The maximum atomic E-state index is 6.02. The van der Waals surface area contributed by atoms with Crippen molar-refractivity contribution in [2.45, 2.75) is 33.0 Å². The van der Waals surface area contributed by atoms with E-state index in [4.69, 9.17) is 19.2 Å². The van der Waals surface area contributed by atoms with Crippen molar-refractivity contribution >= 4 is 16.6 Å². The third-order valence-electron chi connectivity index (χ3n) is 5.32. The fourth-order valence-corrected chi connectivity index (χ4v) is 3.92. The summed E-state index contributed by atoms with van der Waals surface area (Å²) in [5.74, 6) is 1.65. The molecule has 0 saturated carbocycles. The van der Waals surface area contributed by atoms with Crippen LogP contribution < -0.4 is 14.4 Å². The van der Waals surface area contributed by atoms with Gasteiger partial charge < -0.3 is 19.1 Å². The largest absolute Gasteiger partial charge is 0.497 e. The van der Waals surface area contributed by atoms with Gasteiger partial charge in [0.25, 0.3) is 0 Å². The van der Waals surface area contributed by atoms with Gasteiger partial charge in [0.15, 0.2) is 0 Å². The summed E-state index contributed by atoms with van der Waals surface area (Å²) in [6.45, 7) is 7.30. The highest BCUT2D eigenvalue weighted by molar-refractivity contribution is 5.93. The number of anilines is 1. The predicted molar refractivity (Wildman–Crippen MR) is 116 cm³/mol. The molecule has 1 aliphatic heterocycles. The van der Waals surface area contributed by atoms with Gasteiger partial charge in [-0.3, -0.25) is 4.98 Å². The first-order chi connectivity index (χ1) is 14.2. The first kappa shape index (κ1) is 19.5. The Morgan fingerprint density at radius 3 is 2.83 bits per heavy atom. The number of fused-ring (bicyclic) bond motifs is 1. The molecule has 4 rings (SSSR count). The molecule has 5 nitrogen and oxygen atoms in total. The minimum Gasteiger partial charge on any atom is -0.497 e. The molecule has 5 heteroatoms. The standard InChI is InChI=1S/C24H28N2O3/c1-4-28-21-10-11-26(15-21)24-12-17(2)25-23-14-20(8-9-22(23)24)29-16-18-6-5-7-19(13-18)27-3/h5-9,12-14,21H,4,10-11,15-16H2,1-3H3/t21-/m0/s1. The molecule has 1 saturated heterocycles. The van der Waals surface area contributed by atoms with Crippen molar-refractivity contribution in [3.05, 3.63) is 59.8 Å². The van der Waals surface area contributed by atoms with Crippen molar-refractivity contribution in [3.8, 4) is 11.5 Å². The van der Waals surface area contributed by atoms with Crippen LogP contribution in [0.15, 0.2) is 48.5 Å². The Balaban J connectivity index is 1.55. The van der Waals surface area contributed by atoms with Crippen LogP contribution in [-0.4, -0.2) is 37.9 Å². The van der Waals surface area contributed by atoms with E-state index in [0.29, 0.717) is 12.7 Å². The van der Waals surface area contributed by atoms with Crippen LogP contribution in [0.2, 0.25) is 0 Å². The van der Waals surface area contributed by atoms with Crippen LogP contribution in [0.5, 0.6) is 11.5 Å². The van der Waals surface area contributed by atoms with Crippen molar-refractivity contribution in [2.24, 2.45) is 0 Å². The molecule has 1 atom stereocenters. The van der Waals surface area contributed by atoms with E-state index in [1.54, 1.807) is 7.11 Å². The zero-order valence-electron chi connectivity index (χ0n) is 17.4. The van der Waals surface area contributed by atoms with Gasteiger partial charge in [-0.1, -0.05) is 12.1 Å². The number of ether oxygens (including phenoxy) is 3. The smallest absolute Gasteiger partial charge is 0.122 e. The van der Waals surface area contributed by atoms with Gasteiger partial charge in [-0.05, 0) is 56.2 Å². The molecule has 1 fully saturated rings. The molecule has 29 heavy (non-hydrogen) atoms. The average molecular weight is 392 g/mol. The lowest BCUT2D eigenvalue weighted by Gasteiger charge is -2.21. The third kappa shape index (κ3) is 4.46. The Kier molecular flexibility index (Phi) is 5.86. The zero-order chi connectivity index (χ0) is 20.2. The molecule has 1 aromatic heterocycles. The molecule has 0 unspecified atom stereocenters. The Hall–Kier alpha value is -2.79. The van der Waals surface area contributed by atoms with Crippen LogP contribution in [0, 0.1) is 6.92 Å². The Morgan fingerprint density at radius 1 is 1.10 bits per heavy atom. The number of benzene rings is 2. The third-order valence-corrected chi connectivity index (χ3v) is 5.32. The quantitative estimate of drug-likeness (QED) is 0.581. The van der Waals surface area contributed by atoms with E-state index in [0.717, 1.165) is 59.8 Å². The minimum absolute atomic E-state index is 0.314. The van der Waals surface area contributed by atoms with E-state index in [1.807, 2.05) is 43.3 Å². The summed E-state index contributed by atoms with van der Waals surface area (Å²) in [4.78, 5) is 7.16. The molecular formula is C24H28N2O3. The lowest BCUT2D eigenvalue weighted by Crippen LogP contribution is -2.23. The van der Waals surface area contributed by atoms with Crippen LogP contribution in [0.4, 0.5) is 5.69 Å². The Morgan fingerprint density at radius 2 is 2.00 bits per heavy atom. The van der Waals surface area contributed by atoms with Gasteiger partial charge in [-0.15, -0.1) is 0 Å². The van der Waals surface area contributed by atoms with E-state index in [1.165, 1.54) is 5.69 Å². The molecule has 152 valence electrons. The predicted octanol–water partition coefficient (Wildman–Crippen LogP) is 4.75. The molecule has 0 spiro atoms. The molecule has 0 bridgehead atoms. The van der Waals surface area contributed by atoms with E-state index in [-0.39, 0.29) is 0 Å². The molecule has 0 aliphatic carbocycles. The summed E-state index contributed by atoms with van der Waals surface area (Å²) < 4.78 is 17.1. The molecule has 2 aromatic carbocycles. The van der Waals surface area contributed by atoms with Gasteiger partial charge in [0, 0.05) is 42.5 Å². The van der Waals surface area contributed by atoms with Crippen molar-refractivity contribution in [1.82, 2.24) is 4.98 Å². The molecule has 1 aliphatic rings. The number of rotatable bonds is 7. The Bertz CT molecular complexity index is 989. The number of aryl methyl sites for hydroxylation is 1. The minimum atomic E-state index is 0.314. The SMILES string of the molecule is CCO[C@H]1CCN(c2cc(C)nc3cc(OCc4cccc(OC)c4)ccc23)C1. The number of hydrogen-bond acceptors (Lipinski definition) is 5. The van der Waals surface area contributed by atoms with Gasteiger partial charge in [0.2, 0.25) is 0 Å². The second-order valence-corrected chi connectivity index (χ2v) is 7.41. The molecule has 0 amide bonds. The summed E-state index contributed by atoms with van der Waals surface area (Å²) >= 11 is 0. The van der Waals surface area contributed by atoms with Gasteiger partial charge >= 0.3 is 0 Å². The van der Waals surface area contributed by atoms with Gasteiger partial charge in [-0.2, -0.15) is 0 Å². The van der Waals surface area contributed by atoms with Crippen LogP contribution >= 0.6 is 0 Å². The van der Waals surface area contributed by atoms with Gasteiger partial charge in [0.1, 0.15) is 18.1 Å². The summed E-state index contributed by atoms with van der Waals surface area (Å²) in [5, 5.41) is 1.15. The zero-order valence-corrected chi connectivity index (χ0v) is 17.4. The second kappa shape index (κ2) is 8.70. The molecule has 0 radical (unpaired) electrons. The molecule has 3 aromatic rings. The summed E-state index contributed by atoms with van der Waals surface area (Å²) in [5.41, 5.74) is 4.27. The fourth-order valence-electron chi connectivity index (χ4n) is 3.92. The van der Waals surface area contributed by atoms with Crippen LogP contribution in [-0.2, 0) is 11.3 Å². The summed E-state index contributed by atoms with van der Waals surface area (Å²) in [6, 6.07) is 16.3. The topological polar surface area (TPSA) is 43.8 Å². The maximum Gasteiger partial charge on any atom is 0.122 e. The lowest BCUT2D eigenvalue weighted by atomic mass is 10.1. The second-order valence-electron chi connectivity index (χ2n) is 7.41. The summed E-state index contributed by atoms with van der Waals surface area (Å²) in [7, 11) is 1.67. The van der Waals surface area contributed by atoms with E-state index in [2.05, 4.69) is 24.0 Å². The Labute approximate surface area is 172 Å². The first-order valence-corrected chi connectivity index (χ1v) is 10.2. The fraction of sp³-hybridized carbons (Fsp3) is 0.375. The highest BCUT2D eigenvalue weighted by Gasteiger charge is 2.24. The normalized spacial score (nSPS) is 16.4. The average Bonchev–Trinajstić information content (AvgIpc) is 3.20. The highest BCUT2D eigenvalue weighted by Crippen LogP contribution is 2.32. The van der Waals surface area contributed by atoms with Crippen molar-refractivity contribution in [2.75, 3.05) is 31.7 Å². The monoisotopic (exact) mass is 392 g/mol. The maximum absolute atomic E-state index is 6.02. The van der Waals surface area contributed by atoms with E-state index < -0.39 is 0 Å². The van der Waals surface area contributed by atoms with Crippen molar-refractivity contribution in [3.63, 3.8) is 0 Å². The van der Waals surface area contributed by atoms with Crippen molar-refractivity contribution < 1.29 is 14.2 Å². The number of hydrogen-bond donors (Lipinski definition) is 0. The van der Waals surface area contributed by atoms with E-state index in [9.17, 15) is 0 Å². The van der Waals surface area contributed by atoms with Gasteiger partial charge in [0.05, 0.1) is 18.7 Å². The number of pyridine rings is 1. The van der Waals surface area contributed by atoms with Crippen LogP contribution in [0.25, 0.3) is 10.9 Å². The molecular weight excluding hydrogens is 364 g/mol. The van der Waals surface area contributed by atoms with Gasteiger partial charge in [-0.25, -0.2) is 0 Å². The van der Waals surface area contributed by atoms with Crippen LogP contribution in [0.3, 0.4) is 0 Å². The molecule has 2 heterocycles. The lowest BCUT2D eigenvalue weighted by molar-refractivity contribution is 0.0788. The number of aromatic nitrogens is 1. The first-order valence-electron chi connectivity index (χ1n) is 10.2. The molecule has 0 N–H and O–H groups in total. The number of methoxy groups -OCH3 is 1. The highest BCUT2D eigenvalue weighted by atomic mass is 16.5.